The number of esters is 1. The summed E-state index contributed by atoms with van der Waals surface area (Å²) in [6, 6.07) is 0. The molecule has 3 heteroatoms. The molecule has 0 rings (SSSR count). The van der Waals surface area contributed by atoms with E-state index < -0.39 is 0 Å². The molecule has 0 aromatic heterocycles. The predicted molar refractivity (Wildman–Crippen MR) is 62.5 cm³/mol. The van der Waals surface area contributed by atoms with Crippen molar-refractivity contribution in [3.05, 3.63) is 0 Å². The second-order valence-electron chi connectivity index (χ2n) is 4.23. The van der Waals surface area contributed by atoms with E-state index in [4.69, 9.17) is 10.5 Å². The first-order valence-electron chi connectivity index (χ1n) is 6.02. The molecule has 0 aromatic carbocycles. The third kappa shape index (κ3) is 7.37. The van der Waals surface area contributed by atoms with Crippen molar-refractivity contribution in [3.8, 4) is 0 Å². The molecule has 90 valence electrons. The highest BCUT2D eigenvalue weighted by molar-refractivity contribution is 5.72. The lowest BCUT2D eigenvalue weighted by Crippen LogP contribution is -2.26. The second kappa shape index (κ2) is 8.72. The van der Waals surface area contributed by atoms with Crippen molar-refractivity contribution >= 4 is 5.97 Å². The zero-order valence-corrected chi connectivity index (χ0v) is 10.3. The molecular formula is C12H25NO2. The Hall–Kier alpha value is -0.570. The average Bonchev–Trinajstić information content (AvgIpc) is 2.23. The van der Waals surface area contributed by atoms with Crippen LogP contribution in [-0.2, 0) is 9.53 Å². The minimum Gasteiger partial charge on any atom is -0.462 e. The summed E-state index contributed by atoms with van der Waals surface area (Å²) in [4.78, 5) is 11.4. The van der Waals surface area contributed by atoms with E-state index >= 15 is 0 Å². The van der Waals surface area contributed by atoms with Crippen LogP contribution in [0.3, 0.4) is 0 Å². The van der Waals surface area contributed by atoms with Crippen LogP contribution in [0.1, 0.15) is 52.9 Å². The fourth-order valence-corrected chi connectivity index (χ4v) is 1.33. The maximum Gasteiger partial charge on any atom is 0.310 e. The van der Waals surface area contributed by atoms with Gasteiger partial charge in [-0.25, -0.2) is 0 Å². The molecule has 0 amide bonds. The smallest absolute Gasteiger partial charge is 0.310 e. The normalized spacial score (nSPS) is 14.7. The largest absolute Gasteiger partial charge is 0.462 e. The third-order valence-corrected chi connectivity index (χ3v) is 2.54. The summed E-state index contributed by atoms with van der Waals surface area (Å²) in [5.74, 6) is -0.344. The number of carbonyl (C=O) groups is 1. The Morgan fingerprint density at radius 3 is 2.47 bits per heavy atom. The maximum absolute atomic E-state index is 11.4. The fourth-order valence-electron chi connectivity index (χ4n) is 1.33. The molecule has 2 atom stereocenters. The maximum atomic E-state index is 11.4. The number of carbonyl (C=O) groups excluding carboxylic acids is 1. The van der Waals surface area contributed by atoms with Crippen LogP contribution in [0.2, 0.25) is 0 Å². The standard InChI is InChI=1S/C12H25NO2/c1-4-5-6-7-8-11(3)15-12(14)10(2)9-13/h10-11H,4-9,13H2,1-3H3. The van der Waals surface area contributed by atoms with Crippen molar-refractivity contribution in [2.75, 3.05) is 6.54 Å². The first-order valence-corrected chi connectivity index (χ1v) is 6.02. The van der Waals surface area contributed by atoms with Gasteiger partial charge in [-0.3, -0.25) is 4.79 Å². The van der Waals surface area contributed by atoms with Crippen LogP contribution >= 0.6 is 0 Å². The summed E-state index contributed by atoms with van der Waals surface area (Å²) in [6.45, 7) is 6.30. The minimum absolute atomic E-state index is 0.0309. The molecule has 0 aliphatic heterocycles. The van der Waals surface area contributed by atoms with Gasteiger partial charge in [0.05, 0.1) is 12.0 Å². The third-order valence-electron chi connectivity index (χ3n) is 2.54. The van der Waals surface area contributed by atoms with Crippen LogP contribution in [0.4, 0.5) is 0 Å². The van der Waals surface area contributed by atoms with E-state index in [0.717, 1.165) is 12.8 Å². The number of ether oxygens (including phenoxy) is 1. The Morgan fingerprint density at radius 1 is 1.27 bits per heavy atom. The Balaban J connectivity index is 3.55. The Bertz CT molecular complexity index is 171. The average molecular weight is 215 g/mol. The van der Waals surface area contributed by atoms with Gasteiger partial charge in [-0.15, -0.1) is 0 Å². The molecule has 0 saturated carbocycles. The highest BCUT2D eigenvalue weighted by Crippen LogP contribution is 2.09. The Morgan fingerprint density at radius 2 is 1.93 bits per heavy atom. The van der Waals surface area contributed by atoms with Gasteiger partial charge in [0, 0.05) is 6.54 Å². The van der Waals surface area contributed by atoms with E-state index in [9.17, 15) is 4.79 Å². The molecule has 3 nitrogen and oxygen atoms in total. The van der Waals surface area contributed by atoms with Gasteiger partial charge in [-0.05, 0) is 19.8 Å². The molecule has 0 bridgehead atoms. The van der Waals surface area contributed by atoms with Crippen LogP contribution in [0, 0.1) is 5.92 Å². The van der Waals surface area contributed by atoms with E-state index in [1.54, 1.807) is 6.92 Å². The molecule has 0 spiro atoms. The summed E-state index contributed by atoms with van der Waals surface area (Å²) < 4.78 is 5.26. The van der Waals surface area contributed by atoms with Crippen molar-refractivity contribution in [1.82, 2.24) is 0 Å². The van der Waals surface area contributed by atoms with Gasteiger partial charge in [0.2, 0.25) is 0 Å². The summed E-state index contributed by atoms with van der Waals surface area (Å²) in [7, 11) is 0. The van der Waals surface area contributed by atoms with E-state index in [2.05, 4.69) is 6.92 Å². The highest BCUT2D eigenvalue weighted by atomic mass is 16.5. The van der Waals surface area contributed by atoms with E-state index in [-0.39, 0.29) is 18.0 Å². The number of hydrogen-bond acceptors (Lipinski definition) is 3. The van der Waals surface area contributed by atoms with Crippen molar-refractivity contribution in [1.29, 1.82) is 0 Å². The summed E-state index contributed by atoms with van der Waals surface area (Å²) >= 11 is 0. The first-order chi connectivity index (χ1) is 7.11. The fraction of sp³-hybridized carbons (Fsp3) is 0.917. The number of unbranched alkanes of at least 4 members (excludes halogenated alkanes) is 3. The lowest BCUT2D eigenvalue weighted by atomic mass is 10.1. The Kier molecular flexibility index (Phi) is 8.38. The molecule has 2 unspecified atom stereocenters. The molecule has 0 heterocycles. The molecule has 0 aromatic rings. The lowest BCUT2D eigenvalue weighted by Gasteiger charge is -2.15. The SMILES string of the molecule is CCCCCCC(C)OC(=O)C(C)CN. The van der Waals surface area contributed by atoms with Crippen LogP contribution in [0.15, 0.2) is 0 Å². The highest BCUT2D eigenvalue weighted by Gasteiger charge is 2.15. The number of rotatable bonds is 8. The van der Waals surface area contributed by atoms with Crippen LogP contribution in [-0.4, -0.2) is 18.6 Å². The van der Waals surface area contributed by atoms with Crippen molar-refractivity contribution in [2.24, 2.45) is 11.7 Å². The van der Waals surface area contributed by atoms with E-state index in [1.807, 2.05) is 6.92 Å². The zero-order valence-electron chi connectivity index (χ0n) is 10.3. The van der Waals surface area contributed by atoms with Crippen LogP contribution < -0.4 is 5.73 Å². The van der Waals surface area contributed by atoms with Gasteiger partial charge in [-0.1, -0.05) is 33.1 Å². The van der Waals surface area contributed by atoms with Crippen LogP contribution in [0.25, 0.3) is 0 Å². The topological polar surface area (TPSA) is 52.3 Å². The monoisotopic (exact) mass is 215 g/mol. The van der Waals surface area contributed by atoms with E-state index in [0.29, 0.717) is 6.54 Å². The molecule has 0 saturated heterocycles. The van der Waals surface area contributed by atoms with Gasteiger partial charge in [0.1, 0.15) is 0 Å². The molecule has 0 fully saturated rings. The second-order valence-corrected chi connectivity index (χ2v) is 4.23. The van der Waals surface area contributed by atoms with E-state index in [1.165, 1.54) is 19.3 Å². The summed E-state index contributed by atoms with van der Waals surface area (Å²) in [6.07, 6.45) is 5.86. The van der Waals surface area contributed by atoms with Crippen molar-refractivity contribution in [2.45, 2.75) is 59.0 Å². The minimum atomic E-state index is -0.178. The van der Waals surface area contributed by atoms with Gasteiger partial charge < -0.3 is 10.5 Å². The quantitative estimate of drug-likeness (QED) is 0.500. The van der Waals surface area contributed by atoms with Crippen molar-refractivity contribution in [3.63, 3.8) is 0 Å². The van der Waals surface area contributed by atoms with Crippen molar-refractivity contribution < 1.29 is 9.53 Å². The summed E-state index contributed by atoms with van der Waals surface area (Å²) in [5, 5.41) is 0. The zero-order chi connectivity index (χ0) is 11.7. The Labute approximate surface area is 93.4 Å². The number of hydrogen-bond donors (Lipinski definition) is 1. The predicted octanol–water partition coefficient (Wildman–Crippen LogP) is 2.48. The molecule has 0 aliphatic carbocycles. The van der Waals surface area contributed by atoms with Crippen LogP contribution in [0.5, 0.6) is 0 Å². The van der Waals surface area contributed by atoms with Gasteiger partial charge in [0.25, 0.3) is 0 Å². The van der Waals surface area contributed by atoms with Gasteiger partial charge in [-0.2, -0.15) is 0 Å². The van der Waals surface area contributed by atoms with Gasteiger partial charge in [0.15, 0.2) is 0 Å². The molecule has 2 N–H and O–H groups in total. The molecule has 0 radical (unpaired) electrons. The van der Waals surface area contributed by atoms with Gasteiger partial charge >= 0.3 is 5.97 Å². The first kappa shape index (κ1) is 14.4. The molecular weight excluding hydrogens is 190 g/mol. The molecule has 15 heavy (non-hydrogen) atoms. The molecule has 0 aliphatic rings. The lowest BCUT2D eigenvalue weighted by molar-refractivity contribution is -0.152. The number of nitrogens with two attached hydrogens (primary N) is 1. The summed E-state index contributed by atoms with van der Waals surface area (Å²) in [5.41, 5.74) is 5.39.